The first-order valence-electron chi connectivity index (χ1n) is 10.9. The minimum Gasteiger partial charge on any atom is -0.331 e. The Morgan fingerprint density at radius 2 is 1.85 bits per heavy atom. The van der Waals surface area contributed by atoms with Crippen LogP contribution in [0.25, 0.3) is 0 Å². The number of hydrogen-bond donors (Lipinski definition) is 3. The molecule has 2 amide bonds. The van der Waals surface area contributed by atoms with Crippen LogP contribution in [0.15, 0.2) is 69.6 Å². The Bertz CT molecular complexity index is 1220. The third-order valence-corrected chi connectivity index (χ3v) is 8.24. The van der Waals surface area contributed by atoms with Gasteiger partial charge in [-0.15, -0.1) is 0 Å². The highest BCUT2D eigenvalue weighted by Gasteiger charge is 2.19. The molecule has 3 N–H and O–H groups in total. The summed E-state index contributed by atoms with van der Waals surface area (Å²) in [6, 6.07) is 11.4. The number of amides is 2. The van der Waals surface area contributed by atoms with E-state index >= 15 is 0 Å². The summed E-state index contributed by atoms with van der Waals surface area (Å²) in [4.78, 5) is 12.5. The molecule has 2 aromatic carbocycles. The first kappa shape index (κ1) is 26.3. The van der Waals surface area contributed by atoms with E-state index in [-0.39, 0.29) is 10.6 Å². The van der Waals surface area contributed by atoms with Crippen molar-refractivity contribution in [1.82, 2.24) is 10.6 Å². The Kier molecular flexibility index (Phi) is 8.47. The van der Waals surface area contributed by atoms with Crippen LogP contribution < -0.4 is 16.0 Å². The molecule has 0 bridgehead atoms. The molecule has 1 aliphatic rings. The number of sulfone groups is 1. The van der Waals surface area contributed by atoms with Gasteiger partial charge in [0, 0.05) is 23.3 Å². The number of hydrogen-bond acceptors (Lipinski definition) is 4. The fourth-order valence-electron chi connectivity index (χ4n) is 3.73. The second-order valence-electron chi connectivity index (χ2n) is 8.57. The van der Waals surface area contributed by atoms with E-state index in [0.29, 0.717) is 27.4 Å². The van der Waals surface area contributed by atoms with Crippen molar-refractivity contribution in [2.75, 3.05) is 5.32 Å². The third kappa shape index (κ3) is 6.63. The van der Waals surface area contributed by atoms with Gasteiger partial charge in [-0.1, -0.05) is 48.0 Å². The molecule has 0 radical (unpaired) electrons. The van der Waals surface area contributed by atoms with Gasteiger partial charge in [0.2, 0.25) is 0 Å². The van der Waals surface area contributed by atoms with Gasteiger partial charge in [0.15, 0.2) is 9.84 Å². The fraction of sp³-hybridized carbons (Fsp3) is 0.320. The lowest BCUT2D eigenvalue weighted by molar-refractivity contribution is 0.250. The summed E-state index contributed by atoms with van der Waals surface area (Å²) in [5, 5.41) is 9.49. The third-order valence-electron chi connectivity index (χ3n) is 5.72. The number of halogens is 2. The van der Waals surface area contributed by atoms with Crippen molar-refractivity contribution >= 4 is 44.8 Å². The van der Waals surface area contributed by atoms with Crippen LogP contribution >= 0.6 is 23.2 Å². The number of anilines is 1. The molecular weight excluding hydrogens is 493 g/mol. The topological polar surface area (TPSA) is 87.3 Å². The summed E-state index contributed by atoms with van der Waals surface area (Å²) in [6.45, 7) is 10.1. The van der Waals surface area contributed by atoms with Crippen LogP contribution in [0.3, 0.4) is 0 Å². The van der Waals surface area contributed by atoms with Crippen LogP contribution in [0.4, 0.5) is 10.5 Å². The highest BCUT2D eigenvalue weighted by Crippen LogP contribution is 2.24. The van der Waals surface area contributed by atoms with E-state index in [1.165, 1.54) is 23.3 Å². The quantitative estimate of drug-likeness (QED) is 0.421. The first-order chi connectivity index (χ1) is 16.0. The molecule has 1 heterocycles. The Balaban J connectivity index is 1.63. The molecule has 0 fully saturated rings. The minimum absolute atomic E-state index is 0.0801. The second-order valence-corrected chi connectivity index (χ2v) is 11.5. The van der Waals surface area contributed by atoms with Crippen molar-refractivity contribution in [3.8, 4) is 0 Å². The van der Waals surface area contributed by atoms with Crippen LogP contribution in [0.5, 0.6) is 0 Å². The molecule has 0 aromatic heterocycles. The van der Waals surface area contributed by atoms with Crippen LogP contribution in [0, 0.1) is 0 Å². The van der Waals surface area contributed by atoms with Gasteiger partial charge in [-0.3, -0.25) is 0 Å². The van der Waals surface area contributed by atoms with Crippen molar-refractivity contribution in [1.29, 1.82) is 0 Å². The SMILES string of the molecule is C=C(/C(Cl)=C(\C)Cl)C(C)NC(=O)Nc1ccc(S(=O)(=O)Cc2ccc3c(c2)CC(C)NC3)cc1. The molecule has 1 aliphatic heterocycles. The molecule has 0 aliphatic carbocycles. The van der Waals surface area contributed by atoms with Gasteiger partial charge in [-0.25, -0.2) is 13.2 Å². The van der Waals surface area contributed by atoms with Gasteiger partial charge in [-0.2, -0.15) is 0 Å². The van der Waals surface area contributed by atoms with E-state index in [4.69, 9.17) is 23.2 Å². The number of urea groups is 1. The summed E-state index contributed by atoms with van der Waals surface area (Å²) in [7, 11) is -3.53. The lowest BCUT2D eigenvalue weighted by Crippen LogP contribution is -2.37. The lowest BCUT2D eigenvalue weighted by Gasteiger charge is -2.23. The minimum atomic E-state index is -3.53. The zero-order chi connectivity index (χ0) is 25.0. The largest absolute Gasteiger partial charge is 0.331 e. The molecule has 34 heavy (non-hydrogen) atoms. The number of carbonyl (C=O) groups is 1. The number of carbonyl (C=O) groups excluding carboxylic acids is 1. The van der Waals surface area contributed by atoms with Crippen LogP contribution in [0.1, 0.15) is 37.5 Å². The Labute approximate surface area is 211 Å². The molecule has 2 unspecified atom stereocenters. The van der Waals surface area contributed by atoms with Gasteiger partial charge in [0.1, 0.15) is 0 Å². The van der Waals surface area contributed by atoms with Crippen LogP contribution in [-0.4, -0.2) is 26.5 Å². The Morgan fingerprint density at radius 3 is 2.50 bits per heavy atom. The van der Waals surface area contributed by atoms with Crippen LogP contribution in [0.2, 0.25) is 0 Å². The molecule has 2 aromatic rings. The molecule has 0 spiro atoms. The van der Waals surface area contributed by atoms with E-state index in [9.17, 15) is 13.2 Å². The van der Waals surface area contributed by atoms with Gasteiger partial charge in [0.25, 0.3) is 0 Å². The number of rotatable bonds is 7. The summed E-state index contributed by atoms with van der Waals surface area (Å²) in [5.74, 6) is -0.0801. The number of allylic oxidation sites excluding steroid dienone is 1. The number of benzene rings is 2. The highest BCUT2D eigenvalue weighted by atomic mass is 35.5. The van der Waals surface area contributed by atoms with Gasteiger partial charge < -0.3 is 16.0 Å². The summed E-state index contributed by atoms with van der Waals surface area (Å²) >= 11 is 12.0. The summed E-state index contributed by atoms with van der Waals surface area (Å²) < 4.78 is 25.9. The van der Waals surface area contributed by atoms with E-state index in [1.54, 1.807) is 26.0 Å². The molecule has 3 rings (SSSR count). The van der Waals surface area contributed by atoms with Gasteiger partial charge in [-0.05, 0) is 73.7 Å². The zero-order valence-corrected chi connectivity index (χ0v) is 21.7. The maximum atomic E-state index is 13.0. The second kappa shape index (κ2) is 11.0. The highest BCUT2D eigenvalue weighted by molar-refractivity contribution is 7.90. The predicted octanol–water partition coefficient (Wildman–Crippen LogP) is 5.47. The maximum Gasteiger partial charge on any atom is 0.319 e. The van der Waals surface area contributed by atoms with E-state index in [2.05, 4.69) is 29.5 Å². The van der Waals surface area contributed by atoms with E-state index in [1.807, 2.05) is 18.2 Å². The van der Waals surface area contributed by atoms with Crippen molar-refractivity contribution in [2.24, 2.45) is 0 Å². The Hall–Kier alpha value is -2.32. The Morgan fingerprint density at radius 1 is 1.18 bits per heavy atom. The average molecular weight is 522 g/mol. The van der Waals surface area contributed by atoms with Gasteiger partial charge >= 0.3 is 6.03 Å². The molecule has 0 saturated carbocycles. The van der Waals surface area contributed by atoms with Crippen LogP contribution in [-0.2, 0) is 28.6 Å². The summed E-state index contributed by atoms with van der Waals surface area (Å²) in [5.41, 5.74) is 4.11. The molecule has 2 atom stereocenters. The van der Waals surface area contributed by atoms with Crippen molar-refractivity contribution in [3.05, 3.63) is 81.4 Å². The average Bonchev–Trinajstić information content (AvgIpc) is 2.77. The summed E-state index contributed by atoms with van der Waals surface area (Å²) in [6.07, 6.45) is 0.881. The normalized spacial score (nSPS) is 17.3. The van der Waals surface area contributed by atoms with Crippen molar-refractivity contribution in [3.63, 3.8) is 0 Å². The fourth-order valence-corrected chi connectivity index (χ4v) is 5.35. The standard InChI is InChI=1S/C25H29Cl2N3O3S/c1-15-11-21-12-19(5-6-20(21)13-28-15)14-34(32,33)23-9-7-22(8-10-23)30-25(31)29-18(4)16(2)24(27)17(3)26/h5-10,12,15,18,28H,2,11,13-14H2,1,3-4H3,(H2,29,30,31)/b24-17-. The molecule has 9 heteroatoms. The van der Waals surface area contributed by atoms with Gasteiger partial charge in [0.05, 0.1) is 21.7 Å². The van der Waals surface area contributed by atoms with E-state index in [0.717, 1.165) is 18.5 Å². The number of nitrogens with one attached hydrogen (secondary N) is 3. The monoisotopic (exact) mass is 521 g/mol. The molecule has 0 saturated heterocycles. The smallest absolute Gasteiger partial charge is 0.319 e. The predicted molar refractivity (Wildman–Crippen MR) is 139 cm³/mol. The molecule has 6 nitrogen and oxygen atoms in total. The number of fused-ring (bicyclic) bond motifs is 1. The zero-order valence-electron chi connectivity index (χ0n) is 19.4. The van der Waals surface area contributed by atoms with Crippen molar-refractivity contribution < 1.29 is 13.2 Å². The van der Waals surface area contributed by atoms with Crippen molar-refractivity contribution in [2.45, 2.75) is 56.5 Å². The first-order valence-corrected chi connectivity index (χ1v) is 13.3. The maximum absolute atomic E-state index is 13.0. The lowest BCUT2D eigenvalue weighted by atomic mass is 9.95. The molecular formula is C25H29Cl2N3O3S. The van der Waals surface area contributed by atoms with E-state index < -0.39 is 21.9 Å². The molecule has 182 valence electrons.